The van der Waals surface area contributed by atoms with Crippen molar-refractivity contribution in [3.05, 3.63) is 24.0 Å². The van der Waals surface area contributed by atoms with Crippen LogP contribution in [0.5, 0.6) is 0 Å². The van der Waals surface area contributed by atoms with E-state index in [0.717, 1.165) is 12.8 Å². The minimum Gasteiger partial charge on any atom is -0.442 e. The summed E-state index contributed by atoms with van der Waals surface area (Å²) in [5, 5.41) is 5.59. The summed E-state index contributed by atoms with van der Waals surface area (Å²) in [7, 11) is 0. The Kier molecular flexibility index (Phi) is 5.65. The van der Waals surface area contributed by atoms with E-state index in [0.29, 0.717) is 43.6 Å². The molecule has 1 aromatic rings. The van der Waals surface area contributed by atoms with E-state index in [-0.39, 0.29) is 25.0 Å². The van der Waals surface area contributed by atoms with Crippen molar-refractivity contribution in [2.45, 2.75) is 31.9 Å². The molecule has 3 aliphatic rings. The zero-order valence-corrected chi connectivity index (χ0v) is 16.9. The fourth-order valence-corrected chi connectivity index (χ4v) is 3.66. The Bertz CT molecular complexity index is 838. The van der Waals surface area contributed by atoms with Crippen molar-refractivity contribution >= 4 is 29.4 Å². The van der Waals surface area contributed by atoms with Crippen LogP contribution in [-0.2, 0) is 9.53 Å². The Morgan fingerprint density at radius 1 is 1.20 bits per heavy atom. The molecule has 2 aliphatic heterocycles. The number of hydrogen-bond donors (Lipinski definition) is 2. The van der Waals surface area contributed by atoms with Crippen LogP contribution < -0.4 is 20.4 Å². The van der Waals surface area contributed by atoms with Crippen LogP contribution in [0.25, 0.3) is 0 Å². The van der Waals surface area contributed by atoms with Gasteiger partial charge in [-0.15, -0.1) is 0 Å². The van der Waals surface area contributed by atoms with Crippen molar-refractivity contribution in [2.75, 3.05) is 49.1 Å². The average molecular weight is 419 g/mol. The molecule has 3 fully saturated rings. The molecule has 4 rings (SSSR count). The molecule has 2 N–H and O–H groups in total. The second kappa shape index (κ2) is 8.37. The lowest BCUT2D eigenvalue weighted by Gasteiger charge is -2.36. The molecule has 2 saturated heterocycles. The van der Waals surface area contributed by atoms with Gasteiger partial charge >= 0.3 is 12.1 Å². The van der Waals surface area contributed by atoms with E-state index in [4.69, 9.17) is 4.74 Å². The lowest BCUT2D eigenvalue weighted by molar-refractivity contribution is -0.119. The van der Waals surface area contributed by atoms with E-state index in [1.807, 2.05) is 4.90 Å². The predicted molar refractivity (Wildman–Crippen MR) is 108 cm³/mol. The molecule has 10 heteroatoms. The number of cyclic esters (lactones) is 1. The van der Waals surface area contributed by atoms with E-state index in [9.17, 15) is 18.8 Å². The van der Waals surface area contributed by atoms with Crippen LogP contribution in [0, 0.1) is 5.82 Å². The summed E-state index contributed by atoms with van der Waals surface area (Å²) in [4.78, 5) is 40.3. The zero-order valence-electron chi connectivity index (χ0n) is 16.9. The normalized spacial score (nSPS) is 21.5. The molecule has 2 heterocycles. The number of piperazine rings is 1. The van der Waals surface area contributed by atoms with Crippen LogP contribution in [0.1, 0.15) is 19.8 Å². The van der Waals surface area contributed by atoms with E-state index < -0.39 is 18.0 Å². The number of hydrogen-bond acceptors (Lipinski definition) is 5. The first kappa shape index (κ1) is 20.2. The monoisotopic (exact) mass is 419 g/mol. The van der Waals surface area contributed by atoms with Crippen molar-refractivity contribution < 1.29 is 23.5 Å². The van der Waals surface area contributed by atoms with Crippen molar-refractivity contribution in [1.82, 2.24) is 15.5 Å². The van der Waals surface area contributed by atoms with Crippen LogP contribution in [0.3, 0.4) is 0 Å². The quantitative estimate of drug-likeness (QED) is 0.750. The highest BCUT2D eigenvalue weighted by molar-refractivity contribution is 5.90. The fourth-order valence-electron chi connectivity index (χ4n) is 3.66. The van der Waals surface area contributed by atoms with E-state index in [1.165, 1.54) is 17.9 Å². The number of halogens is 1. The van der Waals surface area contributed by atoms with Crippen molar-refractivity contribution in [3.8, 4) is 0 Å². The third kappa shape index (κ3) is 4.58. The van der Waals surface area contributed by atoms with Gasteiger partial charge in [0.05, 0.1) is 24.5 Å². The van der Waals surface area contributed by atoms with Gasteiger partial charge in [-0.05, 0) is 31.0 Å². The molecule has 0 radical (unpaired) electrons. The van der Waals surface area contributed by atoms with E-state index in [2.05, 4.69) is 10.6 Å². The first-order chi connectivity index (χ1) is 14.4. The number of anilines is 2. The number of benzene rings is 1. The summed E-state index contributed by atoms with van der Waals surface area (Å²) in [6.45, 7) is 4.00. The molecule has 0 spiro atoms. The number of nitrogens with zero attached hydrogens (tertiary/aromatic N) is 3. The van der Waals surface area contributed by atoms with Crippen LogP contribution >= 0.6 is 0 Å². The summed E-state index contributed by atoms with van der Waals surface area (Å²) in [6.07, 6.45) is 1.05. The maximum absolute atomic E-state index is 14.8. The summed E-state index contributed by atoms with van der Waals surface area (Å²) in [5.74, 6) is -0.633. The Labute approximate surface area is 174 Å². The van der Waals surface area contributed by atoms with Gasteiger partial charge in [0.2, 0.25) is 5.91 Å². The summed E-state index contributed by atoms with van der Waals surface area (Å²) in [5.41, 5.74) is 0.859. The standard InChI is InChI=1S/C20H26FN5O4/c1-13(27)22-11-16-12-26(20(29)30-16)15-4-5-18(17(21)10-15)24-6-8-25(9-7-24)19(28)23-14-2-3-14/h4-5,10,14,16H,2-3,6-9,11-12H2,1H3,(H,22,27)(H,23,28)/t16-/m0/s1. The molecule has 0 bridgehead atoms. The van der Waals surface area contributed by atoms with Crippen molar-refractivity contribution in [2.24, 2.45) is 0 Å². The number of urea groups is 1. The van der Waals surface area contributed by atoms with Gasteiger partial charge in [-0.1, -0.05) is 0 Å². The van der Waals surface area contributed by atoms with Gasteiger partial charge in [0, 0.05) is 39.1 Å². The second-order valence-corrected chi connectivity index (χ2v) is 7.89. The molecule has 0 aromatic heterocycles. The summed E-state index contributed by atoms with van der Waals surface area (Å²) in [6, 6.07) is 4.93. The number of carbonyl (C=O) groups excluding carboxylic acids is 3. The number of rotatable bonds is 5. The fraction of sp³-hybridized carbons (Fsp3) is 0.550. The minimum absolute atomic E-state index is 0.0469. The molecular formula is C20H26FN5O4. The Balaban J connectivity index is 1.35. The molecule has 30 heavy (non-hydrogen) atoms. The Hall–Kier alpha value is -3.04. The van der Waals surface area contributed by atoms with Gasteiger partial charge in [-0.2, -0.15) is 0 Å². The predicted octanol–water partition coefficient (Wildman–Crippen LogP) is 1.28. The topological polar surface area (TPSA) is 94.2 Å². The Morgan fingerprint density at radius 2 is 1.93 bits per heavy atom. The first-order valence-corrected chi connectivity index (χ1v) is 10.2. The van der Waals surface area contributed by atoms with Crippen LogP contribution in [0.4, 0.5) is 25.4 Å². The molecule has 4 amide bonds. The smallest absolute Gasteiger partial charge is 0.414 e. The molecule has 1 saturated carbocycles. The van der Waals surface area contributed by atoms with Crippen molar-refractivity contribution in [1.29, 1.82) is 0 Å². The highest BCUT2D eigenvalue weighted by atomic mass is 19.1. The molecule has 0 unspecified atom stereocenters. The largest absolute Gasteiger partial charge is 0.442 e. The lowest BCUT2D eigenvalue weighted by atomic mass is 10.2. The number of nitrogens with one attached hydrogen (secondary N) is 2. The van der Waals surface area contributed by atoms with Gasteiger partial charge in [0.15, 0.2) is 0 Å². The second-order valence-electron chi connectivity index (χ2n) is 7.89. The third-order valence-corrected chi connectivity index (χ3v) is 5.51. The van der Waals surface area contributed by atoms with Crippen LogP contribution in [0.15, 0.2) is 18.2 Å². The molecule has 162 valence electrons. The number of ether oxygens (including phenoxy) is 1. The summed E-state index contributed by atoms with van der Waals surface area (Å²) >= 11 is 0. The lowest BCUT2D eigenvalue weighted by Crippen LogP contribution is -2.52. The molecule has 1 atom stereocenters. The first-order valence-electron chi connectivity index (χ1n) is 10.2. The number of carbonyl (C=O) groups is 3. The van der Waals surface area contributed by atoms with E-state index >= 15 is 0 Å². The maximum atomic E-state index is 14.8. The van der Waals surface area contributed by atoms with E-state index in [1.54, 1.807) is 17.0 Å². The van der Waals surface area contributed by atoms with Gasteiger partial charge in [0.1, 0.15) is 11.9 Å². The third-order valence-electron chi connectivity index (χ3n) is 5.51. The minimum atomic E-state index is -0.562. The van der Waals surface area contributed by atoms with Gasteiger partial charge in [0.25, 0.3) is 0 Å². The molecule has 1 aromatic carbocycles. The maximum Gasteiger partial charge on any atom is 0.414 e. The summed E-state index contributed by atoms with van der Waals surface area (Å²) < 4.78 is 20.1. The van der Waals surface area contributed by atoms with Crippen LogP contribution in [0.2, 0.25) is 0 Å². The Morgan fingerprint density at radius 3 is 2.57 bits per heavy atom. The van der Waals surface area contributed by atoms with Gasteiger partial charge in [-0.25, -0.2) is 14.0 Å². The average Bonchev–Trinajstić information content (AvgIpc) is 3.46. The highest BCUT2D eigenvalue weighted by Crippen LogP contribution is 2.28. The highest BCUT2D eigenvalue weighted by Gasteiger charge is 2.33. The van der Waals surface area contributed by atoms with Crippen LogP contribution in [-0.4, -0.2) is 74.3 Å². The molecular weight excluding hydrogens is 393 g/mol. The number of amides is 4. The van der Waals surface area contributed by atoms with Gasteiger partial charge in [-0.3, -0.25) is 9.69 Å². The molecule has 1 aliphatic carbocycles. The van der Waals surface area contributed by atoms with Gasteiger partial charge < -0.3 is 25.2 Å². The SMILES string of the molecule is CC(=O)NC[C@H]1CN(c2ccc(N3CCN(C(=O)NC4CC4)CC3)c(F)c2)C(=O)O1. The molecule has 9 nitrogen and oxygen atoms in total. The van der Waals surface area contributed by atoms with Crippen molar-refractivity contribution in [3.63, 3.8) is 0 Å². The zero-order chi connectivity index (χ0) is 21.3.